The normalized spacial score (nSPS) is 26.0. The van der Waals surface area contributed by atoms with Crippen molar-refractivity contribution in [1.29, 1.82) is 0 Å². The smallest absolute Gasteiger partial charge is 0.229 e. The maximum Gasteiger partial charge on any atom is 0.229 e. The number of ether oxygens (including phenoxy) is 3. The van der Waals surface area contributed by atoms with Gasteiger partial charge in [0.25, 0.3) is 0 Å². The van der Waals surface area contributed by atoms with Crippen molar-refractivity contribution in [3.63, 3.8) is 0 Å². The van der Waals surface area contributed by atoms with Gasteiger partial charge in [0.05, 0.1) is 13.7 Å². The average molecular weight is 430 g/mol. The molecule has 0 aliphatic carbocycles. The van der Waals surface area contributed by atoms with E-state index in [9.17, 15) is 25.2 Å². The molecule has 2 aromatic carbocycles. The zero-order valence-electron chi connectivity index (χ0n) is 16.5. The second-order valence-electron chi connectivity index (χ2n) is 7.15. The SMILES string of the molecule is COc1cc(O[C@H]2O[C@H](CO)[C@@H](O)[C@H](O)[C@H]2O)c2c(=O)cc(-c3ccccc3)oc2c1. The van der Waals surface area contributed by atoms with Crippen molar-refractivity contribution in [2.24, 2.45) is 0 Å². The first kappa shape index (κ1) is 21.3. The molecule has 0 bridgehead atoms. The van der Waals surface area contributed by atoms with Crippen molar-refractivity contribution in [2.75, 3.05) is 13.7 Å². The number of rotatable bonds is 5. The molecule has 0 unspecified atom stereocenters. The number of aliphatic hydroxyl groups is 4. The molecule has 4 N–H and O–H groups in total. The van der Waals surface area contributed by atoms with Crippen LogP contribution in [-0.2, 0) is 4.74 Å². The molecule has 0 amide bonds. The summed E-state index contributed by atoms with van der Waals surface area (Å²) >= 11 is 0. The number of aliphatic hydroxyl groups excluding tert-OH is 4. The van der Waals surface area contributed by atoms with Gasteiger partial charge in [-0.3, -0.25) is 4.79 Å². The lowest BCUT2D eigenvalue weighted by Crippen LogP contribution is -2.60. The fraction of sp³-hybridized carbons (Fsp3) is 0.318. The largest absolute Gasteiger partial charge is 0.496 e. The van der Waals surface area contributed by atoms with E-state index in [0.717, 1.165) is 0 Å². The van der Waals surface area contributed by atoms with Gasteiger partial charge in [-0.1, -0.05) is 30.3 Å². The first-order chi connectivity index (χ1) is 14.9. The molecule has 5 atom stereocenters. The number of fused-ring (bicyclic) bond motifs is 1. The fourth-order valence-electron chi connectivity index (χ4n) is 3.47. The summed E-state index contributed by atoms with van der Waals surface area (Å²) in [5.74, 6) is 0.664. The van der Waals surface area contributed by atoms with Crippen LogP contribution >= 0.6 is 0 Å². The molecule has 0 radical (unpaired) electrons. The molecule has 4 rings (SSSR count). The predicted molar refractivity (Wildman–Crippen MR) is 109 cm³/mol. The summed E-state index contributed by atoms with van der Waals surface area (Å²) in [6.45, 7) is -0.605. The summed E-state index contributed by atoms with van der Waals surface area (Å²) in [6, 6.07) is 13.4. The summed E-state index contributed by atoms with van der Waals surface area (Å²) < 4.78 is 22.3. The Morgan fingerprint density at radius 1 is 1.00 bits per heavy atom. The van der Waals surface area contributed by atoms with E-state index in [1.165, 1.54) is 25.3 Å². The molecule has 2 heterocycles. The molecular weight excluding hydrogens is 408 g/mol. The Kier molecular flexibility index (Phi) is 5.94. The first-order valence-corrected chi connectivity index (χ1v) is 9.61. The maximum atomic E-state index is 12.9. The van der Waals surface area contributed by atoms with E-state index >= 15 is 0 Å². The highest BCUT2D eigenvalue weighted by Gasteiger charge is 2.45. The van der Waals surface area contributed by atoms with Crippen molar-refractivity contribution in [3.05, 3.63) is 58.8 Å². The predicted octanol–water partition coefficient (Wildman–Crippen LogP) is 0.647. The topological polar surface area (TPSA) is 139 Å². The standard InChI is InChI=1S/C22H22O9/c1-28-12-7-15-18(13(24)9-14(29-15)11-5-3-2-4-6-11)16(8-12)30-22-21(27)20(26)19(25)17(10-23)31-22/h2-9,17,19-23,25-27H,10H2,1H3/t17-,19-,20+,21-,22+/m1/s1. The van der Waals surface area contributed by atoms with Crippen LogP contribution in [0, 0.1) is 0 Å². The second kappa shape index (κ2) is 8.66. The minimum atomic E-state index is -1.63. The Bertz CT molecular complexity index is 1110. The Morgan fingerprint density at radius 3 is 2.42 bits per heavy atom. The van der Waals surface area contributed by atoms with Crippen molar-refractivity contribution in [2.45, 2.75) is 30.7 Å². The third-order valence-corrected chi connectivity index (χ3v) is 5.15. The van der Waals surface area contributed by atoms with E-state index < -0.39 is 42.7 Å². The maximum absolute atomic E-state index is 12.9. The number of methoxy groups -OCH3 is 1. The van der Waals surface area contributed by atoms with Crippen LogP contribution in [0.1, 0.15) is 0 Å². The molecule has 1 aliphatic heterocycles. The highest BCUT2D eigenvalue weighted by atomic mass is 16.7. The lowest BCUT2D eigenvalue weighted by atomic mass is 9.99. The van der Waals surface area contributed by atoms with Gasteiger partial charge in [0, 0.05) is 23.8 Å². The summed E-state index contributed by atoms with van der Waals surface area (Å²) in [5, 5.41) is 39.7. The van der Waals surface area contributed by atoms with Crippen LogP contribution < -0.4 is 14.9 Å². The van der Waals surface area contributed by atoms with Crippen LogP contribution in [0.25, 0.3) is 22.3 Å². The summed E-state index contributed by atoms with van der Waals surface area (Å²) in [6.07, 6.45) is -7.38. The van der Waals surface area contributed by atoms with Crippen LogP contribution in [-0.4, -0.2) is 64.8 Å². The van der Waals surface area contributed by atoms with E-state index in [-0.39, 0.29) is 16.7 Å². The number of hydrogen-bond donors (Lipinski definition) is 4. The van der Waals surface area contributed by atoms with E-state index in [1.54, 1.807) is 12.1 Å². The molecule has 9 heteroatoms. The highest BCUT2D eigenvalue weighted by Crippen LogP contribution is 2.34. The molecule has 3 aromatic rings. The molecule has 0 saturated carbocycles. The Morgan fingerprint density at radius 2 is 1.74 bits per heavy atom. The van der Waals surface area contributed by atoms with E-state index in [2.05, 4.69) is 0 Å². The molecule has 164 valence electrons. The molecule has 0 spiro atoms. The fourth-order valence-corrected chi connectivity index (χ4v) is 3.47. The molecule has 1 saturated heterocycles. The third-order valence-electron chi connectivity index (χ3n) is 5.15. The van der Waals surface area contributed by atoms with Crippen molar-refractivity contribution in [3.8, 4) is 22.8 Å². The lowest BCUT2D eigenvalue weighted by molar-refractivity contribution is -0.277. The van der Waals surface area contributed by atoms with Crippen molar-refractivity contribution in [1.82, 2.24) is 0 Å². The number of hydrogen-bond acceptors (Lipinski definition) is 9. The first-order valence-electron chi connectivity index (χ1n) is 9.61. The van der Waals surface area contributed by atoms with Gasteiger partial charge >= 0.3 is 0 Å². The molecule has 1 aromatic heterocycles. The van der Waals surface area contributed by atoms with Crippen LogP contribution in [0.4, 0.5) is 0 Å². The zero-order chi connectivity index (χ0) is 22.1. The Hall–Kier alpha value is -2.95. The van der Waals surface area contributed by atoms with Gasteiger partial charge in [0.1, 0.15) is 52.6 Å². The minimum absolute atomic E-state index is 0.00737. The van der Waals surface area contributed by atoms with Gasteiger partial charge in [-0.15, -0.1) is 0 Å². The zero-order valence-corrected chi connectivity index (χ0v) is 16.5. The second-order valence-corrected chi connectivity index (χ2v) is 7.15. The van der Waals surface area contributed by atoms with Crippen LogP contribution in [0.15, 0.2) is 57.7 Å². The minimum Gasteiger partial charge on any atom is -0.496 e. The molecule has 31 heavy (non-hydrogen) atoms. The highest BCUT2D eigenvalue weighted by molar-refractivity contribution is 5.86. The quantitative estimate of drug-likeness (QED) is 0.459. The van der Waals surface area contributed by atoms with Crippen LogP contribution in [0.3, 0.4) is 0 Å². The average Bonchev–Trinajstić information content (AvgIpc) is 2.79. The lowest BCUT2D eigenvalue weighted by Gasteiger charge is -2.39. The van der Waals surface area contributed by atoms with E-state index in [0.29, 0.717) is 17.1 Å². The van der Waals surface area contributed by atoms with Crippen LogP contribution in [0.2, 0.25) is 0 Å². The van der Waals surface area contributed by atoms with Gasteiger partial charge < -0.3 is 39.1 Å². The molecule has 1 fully saturated rings. The van der Waals surface area contributed by atoms with Gasteiger partial charge in [0.2, 0.25) is 6.29 Å². The Balaban J connectivity index is 1.78. The van der Waals surface area contributed by atoms with Crippen molar-refractivity contribution < 1.29 is 39.1 Å². The summed E-state index contributed by atoms with van der Waals surface area (Å²) in [7, 11) is 1.43. The molecular formula is C22H22O9. The van der Waals surface area contributed by atoms with E-state index in [1.807, 2.05) is 18.2 Å². The molecule has 9 nitrogen and oxygen atoms in total. The summed E-state index contributed by atoms with van der Waals surface area (Å²) in [5.41, 5.74) is 0.494. The van der Waals surface area contributed by atoms with Gasteiger partial charge in [-0.25, -0.2) is 0 Å². The Labute approximate surface area is 176 Å². The van der Waals surface area contributed by atoms with Gasteiger partial charge in [-0.05, 0) is 0 Å². The van der Waals surface area contributed by atoms with Gasteiger partial charge in [0.15, 0.2) is 5.43 Å². The van der Waals surface area contributed by atoms with Crippen LogP contribution in [0.5, 0.6) is 11.5 Å². The molecule has 1 aliphatic rings. The van der Waals surface area contributed by atoms with E-state index in [4.69, 9.17) is 18.6 Å². The van der Waals surface area contributed by atoms with Gasteiger partial charge in [-0.2, -0.15) is 0 Å². The van der Waals surface area contributed by atoms with Crippen molar-refractivity contribution >= 4 is 11.0 Å². The third kappa shape index (κ3) is 4.01. The number of benzene rings is 2. The summed E-state index contributed by atoms with van der Waals surface area (Å²) in [4.78, 5) is 12.9. The monoisotopic (exact) mass is 430 g/mol.